The Hall–Kier alpha value is 0.222. The molecule has 0 aromatic carbocycles. The van der Waals surface area contributed by atoms with E-state index < -0.39 is 6.10 Å². The first-order valence-electron chi connectivity index (χ1n) is 4.63. The largest absolute Gasteiger partial charge is 0.391 e. The summed E-state index contributed by atoms with van der Waals surface area (Å²) in [5.41, 5.74) is 1.20. The van der Waals surface area contributed by atoms with Crippen LogP contribution in [-0.2, 0) is 4.79 Å². The Morgan fingerprint density at radius 2 is 2.21 bits per heavy atom. The number of rotatable bonds is 1. The van der Waals surface area contributed by atoms with E-state index >= 15 is 0 Å². The van der Waals surface area contributed by atoms with Crippen LogP contribution in [0.1, 0.15) is 27.2 Å². The first-order chi connectivity index (χ1) is 6.00. The molecule has 1 aliphatic carbocycles. The minimum atomic E-state index is -0.441. The molecule has 14 heavy (non-hydrogen) atoms. The standard InChI is InChI=1S/C10H17NO2.U/c1-6-4-7(2)10(9(13)5-6)11-8(3)12;/h4,7,9-10,13H,5H2,1-3H3,(H,11,12);/t7-,9+,10+;/m0./s1. The fraction of sp³-hybridized carbons (Fsp3) is 0.700. The van der Waals surface area contributed by atoms with Gasteiger partial charge in [-0.2, -0.15) is 0 Å². The molecule has 0 bridgehead atoms. The van der Waals surface area contributed by atoms with Crippen LogP contribution in [0, 0.1) is 37.0 Å². The van der Waals surface area contributed by atoms with E-state index in [1.807, 2.05) is 13.8 Å². The number of aliphatic hydroxyl groups is 1. The van der Waals surface area contributed by atoms with Crippen molar-refractivity contribution >= 4 is 5.91 Å². The zero-order valence-electron chi connectivity index (χ0n) is 8.87. The van der Waals surface area contributed by atoms with Gasteiger partial charge in [-0.15, -0.1) is 0 Å². The maximum absolute atomic E-state index is 10.8. The second kappa shape index (κ2) is 5.95. The van der Waals surface area contributed by atoms with Crippen LogP contribution < -0.4 is 5.32 Å². The summed E-state index contributed by atoms with van der Waals surface area (Å²) in [6.45, 7) is 5.49. The molecule has 0 saturated carbocycles. The molecule has 0 fully saturated rings. The summed E-state index contributed by atoms with van der Waals surface area (Å²) >= 11 is 0. The molecule has 0 heterocycles. The molecule has 3 atom stereocenters. The summed E-state index contributed by atoms with van der Waals surface area (Å²) < 4.78 is 0. The van der Waals surface area contributed by atoms with E-state index in [0.29, 0.717) is 6.42 Å². The smallest absolute Gasteiger partial charge is 0.217 e. The third-order valence-electron chi connectivity index (χ3n) is 2.43. The van der Waals surface area contributed by atoms with Crippen LogP contribution in [0.25, 0.3) is 0 Å². The first kappa shape index (κ1) is 14.2. The van der Waals surface area contributed by atoms with Crippen molar-refractivity contribution in [3.05, 3.63) is 11.6 Å². The number of carbonyl (C=O) groups excluding carboxylic acids is 1. The Balaban J connectivity index is 0.00000169. The summed E-state index contributed by atoms with van der Waals surface area (Å²) in [7, 11) is 0. The van der Waals surface area contributed by atoms with Crippen molar-refractivity contribution in [2.45, 2.75) is 39.3 Å². The Labute approximate surface area is 109 Å². The molecule has 0 unspecified atom stereocenters. The second-order valence-corrected chi connectivity index (χ2v) is 3.87. The maximum Gasteiger partial charge on any atom is 0.217 e. The van der Waals surface area contributed by atoms with Crippen LogP contribution in [-0.4, -0.2) is 23.2 Å². The van der Waals surface area contributed by atoms with Gasteiger partial charge < -0.3 is 10.4 Å². The average Bonchev–Trinajstić information content (AvgIpc) is 1.96. The van der Waals surface area contributed by atoms with Crippen molar-refractivity contribution in [1.29, 1.82) is 0 Å². The van der Waals surface area contributed by atoms with Crippen LogP contribution in [0.3, 0.4) is 0 Å². The predicted molar refractivity (Wildman–Crippen MR) is 51.1 cm³/mol. The van der Waals surface area contributed by atoms with Gasteiger partial charge in [-0.25, -0.2) is 0 Å². The molecule has 1 rings (SSSR count). The van der Waals surface area contributed by atoms with Gasteiger partial charge in [0.2, 0.25) is 5.91 Å². The molecule has 0 aromatic rings. The van der Waals surface area contributed by atoms with Gasteiger partial charge in [-0.05, 0) is 19.3 Å². The molecule has 2 N–H and O–H groups in total. The quantitative estimate of drug-likeness (QED) is 0.617. The number of hydrogen-bond donors (Lipinski definition) is 2. The number of amides is 1. The molecule has 0 aliphatic heterocycles. The van der Waals surface area contributed by atoms with E-state index in [9.17, 15) is 9.90 Å². The van der Waals surface area contributed by atoms with E-state index in [4.69, 9.17) is 0 Å². The maximum atomic E-state index is 10.8. The van der Waals surface area contributed by atoms with Gasteiger partial charge >= 0.3 is 0 Å². The van der Waals surface area contributed by atoms with Crippen LogP contribution in [0.5, 0.6) is 0 Å². The van der Waals surface area contributed by atoms with Crippen molar-refractivity contribution in [3.63, 3.8) is 0 Å². The van der Waals surface area contributed by atoms with Crippen LogP contribution in [0.15, 0.2) is 11.6 Å². The van der Waals surface area contributed by atoms with E-state index in [0.717, 1.165) is 0 Å². The van der Waals surface area contributed by atoms with Gasteiger partial charge in [-0.3, -0.25) is 4.79 Å². The van der Waals surface area contributed by atoms with Crippen LogP contribution in [0.4, 0.5) is 0 Å². The molecule has 78 valence electrons. The third-order valence-corrected chi connectivity index (χ3v) is 2.43. The number of nitrogens with one attached hydrogen (secondary N) is 1. The molecule has 1 amide bonds. The number of hydrogen-bond acceptors (Lipinski definition) is 2. The van der Waals surface area contributed by atoms with E-state index in [1.54, 1.807) is 0 Å². The van der Waals surface area contributed by atoms with Crippen molar-refractivity contribution in [1.82, 2.24) is 5.32 Å². The van der Waals surface area contributed by atoms with Crippen LogP contribution in [0.2, 0.25) is 0 Å². The Kier molecular flexibility index (Phi) is 6.04. The molecule has 0 spiro atoms. The SMILES string of the molecule is CC(=O)N[C@H]1[C@H](O)CC(C)=C[C@@H]1C.[U]. The van der Waals surface area contributed by atoms with Gasteiger partial charge in [0, 0.05) is 38.0 Å². The van der Waals surface area contributed by atoms with E-state index in [1.165, 1.54) is 12.5 Å². The van der Waals surface area contributed by atoms with E-state index in [2.05, 4.69) is 11.4 Å². The molecule has 0 saturated heterocycles. The summed E-state index contributed by atoms with van der Waals surface area (Å²) in [5.74, 6) is 0.136. The molecule has 4 heteroatoms. The van der Waals surface area contributed by atoms with Gasteiger partial charge in [0.25, 0.3) is 0 Å². The first-order valence-corrected chi connectivity index (χ1v) is 4.63. The zero-order chi connectivity index (χ0) is 10.0. The second-order valence-electron chi connectivity index (χ2n) is 3.87. The van der Waals surface area contributed by atoms with Crippen molar-refractivity contribution in [2.75, 3.05) is 0 Å². The molecule has 0 radical (unpaired) electrons. The number of carbonyl (C=O) groups is 1. The third kappa shape index (κ3) is 3.76. The van der Waals surface area contributed by atoms with Crippen molar-refractivity contribution in [3.8, 4) is 0 Å². The monoisotopic (exact) mass is 421 g/mol. The van der Waals surface area contributed by atoms with Crippen LogP contribution >= 0.6 is 0 Å². The average molecular weight is 421 g/mol. The Morgan fingerprint density at radius 1 is 1.64 bits per heavy atom. The molecule has 3 nitrogen and oxygen atoms in total. The Morgan fingerprint density at radius 3 is 2.64 bits per heavy atom. The van der Waals surface area contributed by atoms with Crippen molar-refractivity contribution in [2.24, 2.45) is 5.92 Å². The number of aliphatic hydroxyl groups excluding tert-OH is 1. The molecular formula is C10H17NO2U. The Bertz CT molecular complexity index is 240. The van der Waals surface area contributed by atoms with E-state index in [-0.39, 0.29) is 49.0 Å². The molecule has 0 aromatic heterocycles. The predicted octanol–water partition coefficient (Wildman–Crippen LogP) is 0.838. The summed E-state index contributed by atoms with van der Waals surface area (Å²) in [6.07, 6.45) is 2.33. The van der Waals surface area contributed by atoms with Gasteiger partial charge in [-0.1, -0.05) is 18.6 Å². The fourth-order valence-corrected chi connectivity index (χ4v) is 1.89. The van der Waals surface area contributed by atoms with Crippen molar-refractivity contribution < 1.29 is 41.0 Å². The molecular weight excluding hydrogens is 404 g/mol. The minimum Gasteiger partial charge on any atom is -0.391 e. The zero-order valence-corrected chi connectivity index (χ0v) is 13.0. The van der Waals surface area contributed by atoms with Gasteiger partial charge in [0.1, 0.15) is 0 Å². The summed E-state index contributed by atoms with van der Waals surface area (Å²) in [5, 5.41) is 12.5. The fourth-order valence-electron chi connectivity index (χ4n) is 1.89. The van der Waals surface area contributed by atoms with Gasteiger partial charge in [0.15, 0.2) is 0 Å². The summed E-state index contributed by atoms with van der Waals surface area (Å²) in [4.78, 5) is 10.8. The summed E-state index contributed by atoms with van der Waals surface area (Å²) in [6, 6.07) is -0.124. The topological polar surface area (TPSA) is 49.3 Å². The van der Waals surface area contributed by atoms with Gasteiger partial charge in [0.05, 0.1) is 12.1 Å². The molecule has 1 aliphatic rings. The minimum absolute atomic E-state index is 0. The normalized spacial score (nSPS) is 31.4.